The van der Waals surface area contributed by atoms with Gasteiger partial charge in [0.15, 0.2) is 5.16 Å². The van der Waals surface area contributed by atoms with Crippen molar-refractivity contribution in [3.63, 3.8) is 0 Å². The highest BCUT2D eigenvalue weighted by Crippen LogP contribution is 2.38. The number of fused-ring (bicyclic) bond motifs is 5. The van der Waals surface area contributed by atoms with E-state index in [1.807, 2.05) is 46.9 Å². The molecule has 36 heavy (non-hydrogen) atoms. The van der Waals surface area contributed by atoms with Crippen LogP contribution in [0.15, 0.2) is 64.5 Å². The number of thiophene rings is 1. The van der Waals surface area contributed by atoms with Crippen LogP contribution in [0, 0.1) is 5.92 Å². The number of hydrogen-bond acceptors (Lipinski definition) is 7. The highest BCUT2D eigenvalue weighted by molar-refractivity contribution is 7.98. The number of hydrogen-bond donors (Lipinski definition) is 0. The van der Waals surface area contributed by atoms with Gasteiger partial charge >= 0.3 is 0 Å². The minimum Gasteiger partial charge on any atom is -0.497 e. The van der Waals surface area contributed by atoms with Crippen molar-refractivity contribution >= 4 is 39.1 Å². The van der Waals surface area contributed by atoms with Gasteiger partial charge in [0, 0.05) is 17.1 Å². The molecule has 184 valence electrons. The van der Waals surface area contributed by atoms with Crippen molar-refractivity contribution in [3.05, 3.63) is 81.0 Å². The van der Waals surface area contributed by atoms with Gasteiger partial charge in [-0.05, 0) is 41.3 Å². The molecule has 0 aliphatic carbocycles. The Labute approximate surface area is 216 Å². The van der Waals surface area contributed by atoms with Crippen molar-refractivity contribution in [2.75, 3.05) is 7.11 Å². The van der Waals surface area contributed by atoms with Crippen molar-refractivity contribution in [2.24, 2.45) is 5.92 Å². The van der Waals surface area contributed by atoms with E-state index in [0.717, 1.165) is 49.4 Å². The van der Waals surface area contributed by atoms with Crippen LogP contribution in [0.5, 0.6) is 5.75 Å². The molecular weight excluding hydrogens is 492 g/mol. The molecule has 0 radical (unpaired) electrons. The Morgan fingerprint density at radius 1 is 1.14 bits per heavy atom. The molecule has 9 heteroatoms. The Balaban J connectivity index is 1.58. The van der Waals surface area contributed by atoms with Crippen LogP contribution in [-0.2, 0) is 23.5 Å². The third-order valence-electron chi connectivity index (χ3n) is 6.63. The smallest absolute Gasteiger partial charge is 0.268 e. The lowest BCUT2D eigenvalue weighted by molar-refractivity contribution is 0.00200. The molecule has 6 rings (SSSR count). The highest BCUT2D eigenvalue weighted by Gasteiger charge is 2.30. The standard InChI is InChI=1S/C27H26N4O3S2/c1-16(2)21-13-20-22(14-34-21)36-25-23(20)24(32)30(18-9-11-19(33-3)12-10-18)26-28-29-27(31(25)26)35-15-17-7-5-4-6-8-17/h4-12,16,21H,13-15H2,1-3H3/t21-/m0/s1. The van der Waals surface area contributed by atoms with Crippen LogP contribution in [0.25, 0.3) is 21.7 Å². The number of ether oxygens (including phenoxy) is 2. The second-order valence-electron chi connectivity index (χ2n) is 9.21. The van der Waals surface area contributed by atoms with Gasteiger partial charge in [-0.15, -0.1) is 21.5 Å². The maximum absolute atomic E-state index is 14.1. The van der Waals surface area contributed by atoms with Crippen LogP contribution >= 0.6 is 23.1 Å². The van der Waals surface area contributed by atoms with Crippen molar-refractivity contribution in [1.82, 2.24) is 19.2 Å². The summed E-state index contributed by atoms with van der Waals surface area (Å²) in [4.78, 5) is 16.1. The molecule has 0 unspecified atom stereocenters. The summed E-state index contributed by atoms with van der Waals surface area (Å²) in [5, 5.41) is 10.6. The number of aromatic nitrogens is 4. The first-order chi connectivity index (χ1) is 17.5. The fourth-order valence-electron chi connectivity index (χ4n) is 4.65. The summed E-state index contributed by atoms with van der Waals surface area (Å²) in [7, 11) is 1.63. The molecule has 0 bridgehead atoms. The molecule has 2 aromatic carbocycles. The Kier molecular flexibility index (Phi) is 6.07. The van der Waals surface area contributed by atoms with Gasteiger partial charge < -0.3 is 9.47 Å². The first kappa shape index (κ1) is 23.3. The molecule has 0 spiro atoms. The molecule has 4 heterocycles. The van der Waals surface area contributed by atoms with Crippen LogP contribution < -0.4 is 10.3 Å². The van der Waals surface area contributed by atoms with E-state index >= 15 is 0 Å². The molecule has 0 N–H and O–H groups in total. The predicted molar refractivity (Wildman–Crippen MR) is 144 cm³/mol. The van der Waals surface area contributed by atoms with E-state index in [-0.39, 0.29) is 11.7 Å². The maximum atomic E-state index is 14.1. The van der Waals surface area contributed by atoms with Gasteiger partial charge in [-0.1, -0.05) is 55.9 Å². The van der Waals surface area contributed by atoms with E-state index in [1.165, 1.54) is 5.56 Å². The van der Waals surface area contributed by atoms with E-state index < -0.39 is 0 Å². The second-order valence-corrected chi connectivity index (χ2v) is 11.2. The van der Waals surface area contributed by atoms with Gasteiger partial charge in [-0.2, -0.15) is 0 Å². The molecule has 1 aliphatic rings. The SMILES string of the molecule is COc1ccc(-n2c(=O)c3c4c(sc3n3c(SCc5ccccc5)nnc23)CO[C@H](C(C)C)C4)cc1. The average Bonchev–Trinajstić information content (AvgIpc) is 3.49. The molecule has 7 nitrogen and oxygen atoms in total. The summed E-state index contributed by atoms with van der Waals surface area (Å²) in [5.74, 6) is 2.36. The summed E-state index contributed by atoms with van der Waals surface area (Å²) in [5.41, 5.74) is 2.96. The lowest BCUT2D eigenvalue weighted by Gasteiger charge is -2.26. The van der Waals surface area contributed by atoms with Crippen molar-refractivity contribution in [2.45, 2.75) is 43.9 Å². The zero-order valence-corrected chi connectivity index (χ0v) is 21.9. The van der Waals surface area contributed by atoms with Crippen LogP contribution in [-0.4, -0.2) is 32.4 Å². The highest BCUT2D eigenvalue weighted by atomic mass is 32.2. The molecule has 3 aromatic heterocycles. The van der Waals surface area contributed by atoms with Crippen molar-refractivity contribution in [1.29, 1.82) is 0 Å². The fourth-order valence-corrected chi connectivity index (χ4v) is 6.83. The van der Waals surface area contributed by atoms with Gasteiger partial charge in [-0.3, -0.25) is 4.79 Å². The van der Waals surface area contributed by atoms with Crippen LogP contribution in [0.3, 0.4) is 0 Å². The number of nitrogens with zero attached hydrogens (tertiary/aromatic N) is 4. The Hall–Kier alpha value is -3.14. The molecule has 0 fully saturated rings. The second kappa shape index (κ2) is 9.38. The summed E-state index contributed by atoms with van der Waals surface area (Å²) in [6.07, 6.45) is 0.818. The summed E-state index contributed by atoms with van der Waals surface area (Å²) in [6, 6.07) is 17.8. The number of methoxy groups -OCH3 is 1. The fraction of sp³-hybridized carbons (Fsp3) is 0.296. The number of thioether (sulfide) groups is 1. The summed E-state index contributed by atoms with van der Waals surface area (Å²) in [6.45, 7) is 4.85. The van der Waals surface area contributed by atoms with Crippen LogP contribution in [0.1, 0.15) is 29.9 Å². The molecule has 1 atom stereocenters. The Bertz CT molecular complexity index is 1600. The summed E-state index contributed by atoms with van der Waals surface area (Å²) >= 11 is 3.24. The Morgan fingerprint density at radius 3 is 2.64 bits per heavy atom. The minimum absolute atomic E-state index is 0.0726. The van der Waals surface area contributed by atoms with Gasteiger partial charge in [-0.25, -0.2) is 8.97 Å². The topological polar surface area (TPSA) is 70.7 Å². The lowest BCUT2D eigenvalue weighted by atomic mass is 9.96. The average molecular weight is 519 g/mol. The molecule has 0 saturated heterocycles. The largest absolute Gasteiger partial charge is 0.497 e. The van der Waals surface area contributed by atoms with E-state index in [1.54, 1.807) is 34.8 Å². The summed E-state index contributed by atoms with van der Waals surface area (Å²) < 4.78 is 15.2. The Morgan fingerprint density at radius 2 is 1.92 bits per heavy atom. The quantitative estimate of drug-likeness (QED) is 0.277. The molecular formula is C27H26N4O3S2. The van der Waals surface area contributed by atoms with Gasteiger partial charge in [0.05, 0.1) is 30.9 Å². The molecule has 5 aromatic rings. The van der Waals surface area contributed by atoms with Gasteiger partial charge in [0.1, 0.15) is 10.6 Å². The zero-order chi connectivity index (χ0) is 24.8. The van der Waals surface area contributed by atoms with Gasteiger partial charge in [0.25, 0.3) is 5.56 Å². The first-order valence-electron chi connectivity index (χ1n) is 11.9. The first-order valence-corrected chi connectivity index (χ1v) is 13.7. The third kappa shape index (κ3) is 3.91. The van der Waals surface area contributed by atoms with Gasteiger partial charge in [0.2, 0.25) is 5.78 Å². The lowest BCUT2D eigenvalue weighted by Crippen LogP contribution is -2.28. The molecule has 0 saturated carbocycles. The van der Waals surface area contributed by atoms with Crippen LogP contribution in [0.4, 0.5) is 0 Å². The van der Waals surface area contributed by atoms with E-state index in [2.05, 4.69) is 36.2 Å². The normalized spacial score (nSPS) is 15.6. The van der Waals surface area contributed by atoms with Crippen molar-refractivity contribution < 1.29 is 9.47 Å². The number of benzene rings is 2. The van der Waals surface area contributed by atoms with E-state index in [0.29, 0.717) is 18.3 Å². The maximum Gasteiger partial charge on any atom is 0.268 e. The molecule has 1 aliphatic heterocycles. The van der Waals surface area contributed by atoms with E-state index in [4.69, 9.17) is 9.47 Å². The molecule has 0 amide bonds. The monoisotopic (exact) mass is 518 g/mol. The minimum atomic E-state index is -0.0726. The third-order valence-corrected chi connectivity index (χ3v) is 8.82. The predicted octanol–water partition coefficient (Wildman–Crippen LogP) is 5.49. The number of rotatable bonds is 6. The van der Waals surface area contributed by atoms with Crippen molar-refractivity contribution in [3.8, 4) is 11.4 Å². The van der Waals surface area contributed by atoms with Crippen LogP contribution in [0.2, 0.25) is 0 Å². The van der Waals surface area contributed by atoms with E-state index in [9.17, 15) is 4.79 Å². The zero-order valence-electron chi connectivity index (χ0n) is 20.3.